The van der Waals surface area contributed by atoms with Crippen LogP contribution >= 0.6 is 0 Å². The van der Waals surface area contributed by atoms with Crippen LogP contribution in [0.15, 0.2) is 0 Å². The van der Waals surface area contributed by atoms with E-state index in [0.717, 1.165) is 19.3 Å². The Morgan fingerprint density at radius 1 is 1.17 bits per heavy atom. The highest BCUT2D eigenvalue weighted by atomic mass is 19.3. The molecule has 1 rings (SSSR count). The smallest absolute Gasteiger partial charge is 0.400 e. The summed E-state index contributed by atoms with van der Waals surface area (Å²) in [5.74, 6) is -7.15. The summed E-state index contributed by atoms with van der Waals surface area (Å²) < 4.78 is 31.3. The molecule has 0 amide bonds. The second-order valence-electron chi connectivity index (χ2n) is 4.79. The van der Waals surface area contributed by atoms with E-state index in [2.05, 4.69) is 11.7 Å². The Morgan fingerprint density at radius 3 is 2.17 bits per heavy atom. The van der Waals surface area contributed by atoms with Crippen LogP contribution in [0.5, 0.6) is 0 Å². The monoisotopic (exact) mass is 262 g/mol. The number of ketones is 1. The van der Waals surface area contributed by atoms with Gasteiger partial charge >= 0.3 is 11.9 Å². The van der Waals surface area contributed by atoms with Crippen molar-refractivity contribution in [2.75, 3.05) is 6.61 Å². The fraction of sp³-hybridized carbons (Fsp3) is 0.846. The van der Waals surface area contributed by atoms with Crippen molar-refractivity contribution in [1.29, 1.82) is 0 Å². The molecule has 0 aromatic rings. The number of hydrogen-bond donors (Lipinski definition) is 0. The van der Waals surface area contributed by atoms with Crippen molar-refractivity contribution < 1.29 is 23.1 Å². The number of alkyl halides is 2. The van der Waals surface area contributed by atoms with Crippen molar-refractivity contribution in [3.63, 3.8) is 0 Å². The van der Waals surface area contributed by atoms with E-state index in [1.807, 2.05) is 0 Å². The maximum Gasteiger partial charge on any atom is 0.400 e. The quantitative estimate of drug-likeness (QED) is 0.565. The molecule has 0 N–H and O–H groups in total. The second kappa shape index (κ2) is 6.25. The lowest BCUT2D eigenvalue weighted by Gasteiger charge is -2.28. The van der Waals surface area contributed by atoms with Gasteiger partial charge in [-0.05, 0) is 38.5 Å². The van der Waals surface area contributed by atoms with Crippen molar-refractivity contribution in [3.05, 3.63) is 0 Å². The predicted octanol–water partition coefficient (Wildman–Crippen LogP) is 2.97. The van der Waals surface area contributed by atoms with Crippen molar-refractivity contribution in [2.45, 2.75) is 51.9 Å². The summed E-state index contributed by atoms with van der Waals surface area (Å²) >= 11 is 0. The standard InChI is InChI=1S/C13H20F2O3/c1-3-9-5-7-10(8-6-9)11(16)13(14,15)12(17)18-4-2/h9-10H,3-8H2,1-2H3. The molecule has 104 valence electrons. The number of rotatable bonds is 5. The molecule has 0 aromatic heterocycles. The number of Topliss-reactive ketones (excluding diaryl/α,β-unsaturated/α-hetero) is 1. The Bertz CT molecular complexity index is 307. The first kappa shape index (κ1) is 15.1. The largest absolute Gasteiger partial charge is 0.461 e. The van der Waals surface area contributed by atoms with E-state index in [9.17, 15) is 18.4 Å². The molecule has 0 aliphatic heterocycles. The number of esters is 1. The zero-order valence-electron chi connectivity index (χ0n) is 10.9. The molecule has 0 atom stereocenters. The van der Waals surface area contributed by atoms with Gasteiger partial charge in [0.15, 0.2) is 0 Å². The molecule has 0 unspecified atom stereocenters. The summed E-state index contributed by atoms with van der Waals surface area (Å²) in [6, 6.07) is 0. The zero-order chi connectivity index (χ0) is 13.8. The highest BCUT2D eigenvalue weighted by Crippen LogP contribution is 2.35. The fourth-order valence-electron chi connectivity index (χ4n) is 2.41. The summed E-state index contributed by atoms with van der Waals surface area (Å²) in [5, 5.41) is 0. The molecule has 0 saturated heterocycles. The third kappa shape index (κ3) is 3.27. The normalized spacial score (nSPS) is 24.7. The Morgan fingerprint density at radius 2 is 1.72 bits per heavy atom. The Kier molecular flexibility index (Phi) is 5.23. The molecule has 0 heterocycles. The fourth-order valence-corrected chi connectivity index (χ4v) is 2.41. The van der Waals surface area contributed by atoms with Gasteiger partial charge in [-0.3, -0.25) is 4.79 Å². The molecule has 1 fully saturated rings. The van der Waals surface area contributed by atoms with Crippen molar-refractivity contribution >= 4 is 11.8 Å². The van der Waals surface area contributed by atoms with E-state index in [-0.39, 0.29) is 6.61 Å². The lowest BCUT2D eigenvalue weighted by atomic mass is 9.78. The topological polar surface area (TPSA) is 43.4 Å². The molecule has 1 aliphatic rings. The van der Waals surface area contributed by atoms with E-state index in [4.69, 9.17) is 0 Å². The number of halogens is 2. The molecule has 0 spiro atoms. The Balaban J connectivity index is 2.61. The highest BCUT2D eigenvalue weighted by molar-refractivity contribution is 6.06. The van der Waals surface area contributed by atoms with Crippen LogP contribution in [-0.2, 0) is 14.3 Å². The number of carbonyl (C=O) groups is 2. The highest BCUT2D eigenvalue weighted by Gasteiger charge is 2.51. The Hall–Kier alpha value is -1.00. The van der Waals surface area contributed by atoms with E-state index >= 15 is 0 Å². The first-order chi connectivity index (χ1) is 8.43. The van der Waals surface area contributed by atoms with Crippen molar-refractivity contribution in [2.24, 2.45) is 11.8 Å². The van der Waals surface area contributed by atoms with Crippen molar-refractivity contribution in [3.8, 4) is 0 Å². The molecule has 1 saturated carbocycles. The van der Waals surface area contributed by atoms with Crippen LogP contribution in [0.4, 0.5) is 8.78 Å². The molecule has 0 bridgehead atoms. The van der Waals surface area contributed by atoms with Gasteiger partial charge in [0, 0.05) is 5.92 Å². The van der Waals surface area contributed by atoms with Crippen LogP contribution in [0.1, 0.15) is 46.0 Å². The minimum absolute atomic E-state index is 0.149. The summed E-state index contributed by atoms with van der Waals surface area (Å²) in [6.45, 7) is 3.34. The maximum absolute atomic E-state index is 13.5. The maximum atomic E-state index is 13.5. The predicted molar refractivity (Wildman–Crippen MR) is 62.3 cm³/mol. The lowest BCUT2D eigenvalue weighted by Crippen LogP contribution is -2.44. The minimum atomic E-state index is -3.99. The van der Waals surface area contributed by atoms with Crippen molar-refractivity contribution in [1.82, 2.24) is 0 Å². The van der Waals surface area contributed by atoms with Crippen LogP contribution in [0, 0.1) is 11.8 Å². The van der Waals surface area contributed by atoms with Gasteiger partial charge in [0.05, 0.1) is 6.61 Å². The van der Waals surface area contributed by atoms with E-state index in [1.54, 1.807) is 0 Å². The van der Waals surface area contributed by atoms with Gasteiger partial charge in [0.2, 0.25) is 5.78 Å². The first-order valence-corrected chi connectivity index (χ1v) is 6.52. The number of ether oxygens (including phenoxy) is 1. The molecule has 3 nitrogen and oxygen atoms in total. The van der Waals surface area contributed by atoms with Gasteiger partial charge in [-0.25, -0.2) is 4.79 Å². The molecule has 5 heteroatoms. The van der Waals surface area contributed by atoms with E-state index < -0.39 is 23.6 Å². The molecule has 0 radical (unpaired) electrons. The van der Waals surface area contributed by atoms with E-state index in [0.29, 0.717) is 18.8 Å². The second-order valence-corrected chi connectivity index (χ2v) is 4.79. The van der Waals surface area contributed by atoms with Crippen LogP contribution in [0.2, 0.25) is 0 Å². The summed E-state index contributed by atoms with van der Waals surface area (Å²) in [5.41, 5.74) is 0. The van der Waals surface area contributed by atoms with Gasteiger partial charge in [-0.15, -0.1) is 0 Å². The van der Waals surface area contributed by atoms with Gasteiger partial charge in [0.1, 0.15) is 0 Å². The lowest BCUT2D eigenvalue weighted by molar-refractivity contribution is -0.178. The molecule has 0 aromatic carbocycles. The summed E-state index contributed by atoms with van der Waals surface area (Å²) in [6.07, 6.45) is 3.48. The number of carbonyl (C=O) groups excluding carboxylic acids is 2. The van der Waals surface area contributed by atoms with Crippen LogP contribution in [0.25, 0.3) is 0 Å². The van der Waals surface area contributed by atoms with E-state index in [1.165, 1.54) is 6.92 Å². The molecular weight excluding hydrogens is 242 g/mol. The molecular formula is C13H20F2O3. The third-order valence-corrected chi connectivity index (χ3v) is 3.64. The average molecular weight is 262 g/mol. The van der Waals surface area contributed by atoms with Gasteiger partial charge in [-0.1, -0.05) is 13.3 Å². The SMILES string of the molecule is CCOC(=O)C(F)(F)C(=O)C1CCC(CC)CC1. The summed E-state index contributed by atoms with van der Waals surface area (Å²) in [7, 11) is 0. The molecule has 18 heavy (non-hydrogen) atoms. The van der Waals surface area contributed by atoms with Crippen LogP contribution in [0.3, 0.4) is 0 Å². The number of hydrogen-bond acceptors (Lipinski definition) is 3. The molecule has 1 aliphatic carbocycles. The summed E-state index contributed by atoms with van der Waals surface area (Å²) in [4.78, 5) is 22.8. The van der Waals surface area contributed by atoms with Gasteiger partial charge in [-0.2, -0.15) is 8.78 Å². The minimum Gasteiger partial charge on any atom is -0.461 e. The first-order valence-electron chi connectivity index (χ1n) is 6.52. The zero-order valence-corrected chi connectivity index (χ0v) is 10.9. The Labute approximate surface area is 106 Å². The average Bonchev–Trinajstić information content (AvgIpc) is 2.38. The van der Waals surface area contributed by atoms with Crippen LogP contribution in [-0.4, -0.2) is 24.3 Å². The van der Waals surface area contributed by atoms with Gasteiger partial charge < -0.3 is 4.74 Å². The van der Waals surface area contributed by atoms with Gasteiger partial charge in [0.25, 0.3) is 0 Å². The third-order valence-electron chi connectivity index (χ3n) is 3.64. The van der Waals surface area contributed by atoms with Crippen LogP contribution < -0.4 is 0 Å².